The fourth-order valence-corrected chi connectivity index (χ4v) is 3.93. The Morgan fingerprint density at radius 1 is 0.935 bits per heavy atom. The van der Waals surface area contributed by atoms with Gasteiger partial charge in [-0.15, -0.1) is 0 Å². The van der Waals surface area contributed by atoms with Gasteiger partial charge < -0.3 is 19.3 Å². The quantitative estimate of drug-likeness (QED) is 0.533. The second-order valence-electron chi connectivity index (χ2n) is 8.20. The first-order valence-corrected chi connectivity index (χ1v) is 11.4. The van der Waals surface area contributed by atoms with E-state index in [1.807, 2.05) is 38.1 Å². The van der Waals surface area contributed by atoms with Gasteiger partial charge in [-0.25, -0.2) is 0 Å². The van der Waals surface area contributed by atoms with Crippen LogP contribution in [-0.4, -0.2) is 85.1 Å². The van der Waals surface area contributed by atoms with E-state index in [9.17, 15) is 9.59 Å². The molecule has 1 aromatic carbocycles. The predicted molar refractivity (Wildman–Crippen MR) is 121 cm³/mol. The Balaban J connectivity index is 1.88. The number of hydrogen-bond donors (Lipinski definition) is 0. The molecular weight excluding hydrogens is 394 g/mol. The van der Waals surface area contributed by atoms with Crippen molar-refractivity contribution in [3.8, 4) is 5.75 Å². The van der Waals surface area contributed by atoms with Crippen LogP contribution in [0.1, 0.15) is 39.7 Å². The summed E-state index contributed by atoms with van der Waals surface area (Å²) in [5.74, 6) is 0.305. The summed E-state index contributed by atoms with van der Waals surface area (Å²) in [6.45, 7) is 13.6. The van der Waals surface area contributed by atoms with Crippen LogP contribution >= 0.6 is 0 Å². The summed E-state index contributed by atoms with van der Waals surface area (Å²) >= 11 is 0. The third-order valence-electron chi connectivity index (χ3n) is 5.66. The van der Waals surface area contributed by atoms with E-state index < -0.39 is 0 Å². The summed E-state index contributed by atoms with van der Waals surface area (Å²) in [5.41, 5.74) is 1.76. The van der Waals surface area contributed by atoms with Crippen LogP contribution in [0.2, 0.25) is 0 Å². The van der Waals surface area contributed by atoms with Crippen molar-refractivity contribution in [2.24, 2.45) is 0 Å². The molecule has 7 heteroatoms. The van der Waals surface area contributed by atoms with Crippen molar-refractivity contribution >= 4 is 17.4 Å². The Morgan fingerprint density at radius 3 is 2.19 bits per heavy atom. The van der Waals surface area contributed by atoms with Crippen molar-refractivity contribution in [3.63, 3.8) is 0 Å². The zero-order valence-corrected chi connectivity index (χ0v) is 19.2. The van der Waals surface area contributed by atoms with Gasteiger partial charge in [-0.05, 0) is 44.5 Å². The molecule has 2 aliphatic rings. The number of carbonyl (C=O) groups excluding carboxylic acids is 2. The largest absolute Gasteiger partial charge is 0.494 e. The van der Waals surface area contributed by atoms with Crippen molar-refractivity contribution in [2.75, 3.05) is 52.5 Å². The molecular formula is C24H35N3O4. The normalized spacial score (nSPS) is 18.0. The summed E-state index contributed by atoms with van der Waals surface area (Å²) < 4.78 is 11.3. The van der Waals surface area contributed by atoms with Crippen LogP contribution in [0.25, 0.3) is 5.57 Å². The Hall–Kier alpha value is -2.38. The average molecular weight is 430 g/mol. The Morgan fingerprint density at radius 2 is 1.61 bits per heavy atom. The molecule has 0 unspecified atom stereocenters. The van der Waals surface area contributed by atoms with E-state index >= 15 is 0 Å². The molecule has 1 aromatic rings. The van der Waals surface area contributed by atoms with Crippen molar-refractivity contribution < 1.29 is 19.1 Å². The number of amides is 2. The first-order valence-electron chi connectivity index (χ1n) is 11.4. The van der Waals surface area contributed by atoms with Gasteiger partial charge in [-0.1, -0.05) is 26.0 Å². The number of benzene rings is 1. The molecule has 0 aromatic heterocycles. The molecule has 0 bridgehead atoms. The van der Waals surface area contributed by atoms with Gasteiger partial charge in [-0.2, -0.15) is 0 Å². The average Bonchev–Trinajstić information content (AvgIpc) is 3.02. The van der Waals surface area contributed by atoms with E-state index in [-0.39, 0.29) is 24.5 Å². The van der Waals surface area contributed by atoms with E-state index in [0.717, 1.165) is 50.5 Å². The summed E-state index contributed by atoms with van der Waals surface area (Å²) in [7, 11) is 0. The van der Waals surface area contributed by atoms with Crippen molar-refractivity contribution in [2.45, 2.75) is 40.2 Å². The lowest BCUT2D eigenvalue weighted by molar-refractivity contribution is -0.138. The second-order valence-corrected chi connectivity index (χ2v) is 8.20. The molecule has 3 rings (SSSR count). The van der Waals surface area contributed by atoms with E-state index in [0.29, 0.717) is 24.5 Å². The Kier molecular flexibility index (Phi) is 8.09. The molecule has 0 atom stereocenters. The highest BCUT2D eigenvalue weighted by atomic mass is 16.5. The van der Waals surface area contributed by atoms with Crippen LogP contribution in [0, 0.1) is 0 Å². The van der Waals surface area contributed by atoms with Crippen LogP contribution in [0.5, 0.6) is 5.75 Å². The minimum atomic E-state index is -0.243. The minimum absolute atomic E-state index is 0.0532. The fourth-order valence-electron chi connectivity index (χ4n) is 3.93. The summed E-state index contributed by atoms with van der Waals surface area (Å²) in [6, 6.07) is 7.49. The molecule has 0 saturated carbocycles. The highest BCUT2D eigenvalue weighted by molar-refractivity contribution is 6.35. The lowest BCUT2D eigenvalue weighted by atomic mass is 10.0. The van der Waals surface area contributed by atoms with Crippen LogP contribution in [0.15, 0.2) is 30.0 Å². The third-order valence-corrected chi connectivity index (χ3v) is 5.66. The van der Waals surface area contributed by atoms with E-state index in [4.69, 9.17) is 9.47 Å². The molecule has 31 heavy (non-hydrogen) atoms. The van der Waals surface area contributed by atoms with Crippen molar-refractivity contribution in [1.29, 1.82) is 0 Å². The van der Waals surface area contributed by atoms with Gasteiger partial charge in [0.1, 0.15) is 11.4 Å². The zero-order chi connectivity index (χ0) is 22.4. The maximum Gasteiger partial charge on any atom is 0.277 e. The predicted octanol–water partition coefficient (Wildman–Crippen LogP) is 2.62. The van der Waals surface area contributed by atoms with Gasteiger partial charge in [0.15, 0.2) is 0 Å². The number of nitrogens with zero attached hydrogens (tertiary/aromatic N) is 3. The van der Waals surface area contributed by atoms with Gasteiger partial charge in [0.05, 0.1) is 31.4 Å². The van der Waals surface area contributed by atoms with E-state index in [1.165, 1.54) is 4.90 Å². The summed E-state index contributed by atoms with van der Waals surface area (Å²) in [4.78, 5) is 32.5. The van der Waals surface area contributed by atoms with Crippen LogP contribution in [0.3, 0.4) is 0 Å². The molecule has 0 N–H and O–H groups in total. The number of likely N-dealkylation sites (N-methyl/N-ethyl adjacent to an activating group) is 1. The molecule has 2 heterocycles. The Labute approximate surface area is 185 Å². The van der Waals surface area contributed by atoms with Gasteiger partial charge >= 0.3 is 0 Å². The monoisotopic (exact) mass is 429 g/mol. The molecule has 1 fully saturated rings. The van der Waals surface area contributed by atoms with Crippen molar-refractivity contribution in [1.82, 2.24) is 14.7 Å². The zero-order valence-electron chi connectivity index (χ0n) is 19.2. The number of rotatable bonds is 10. The minimum Gasteiger partial charge on any atom is -0.494 e. The maximum absolute atomic E-state index is 13.3. The summed E-state index contributed by atoms with van der Waals surface area (Å²) in [6.07, 6.45) is 0.985. The molecule has 2 amide bonds. The lowest BCUT2D eigenvalue weighted by Crippen LogP contribution is -2.47. The second kappa shape index (κ2) is 10.8. The molecule has 1 saturated heterocycles. The van der Waals surface area contributed by atoms with Gasteiger partial charge in [0.2, 0.25) is 0 Å². The SMILES string of the molecule is CCCOc1ccc(C2=C(N3CCN(CC)CC3)C(=O)N(CCOC(C)C)C2=O)cc1. The highest BCUT2D eigenvalue weighted by Crippen LogP contribution is 2.33. The Bertz CT molecular complexity index is 796. The standard InChI is InChI=1S/C24H35N3O4/c1-5-16-31-20-9-7-19(8-10-20)21-22(26-13-11-25(6-2)12-14-26)24(29)27(23(21)28)15-17-30-18(3)4/h7-10,18H,5-6,11-17H2,1-4H3. The van der Waals surface area contributed by atoms with Crippen LogP contribution in [0.4, 0.5) is 0 Å². The van der Waals surface area contributed by atoms with Gasteiger partial charge in [0, 0.05) is 26.2 Å². The molecule has 2 aliphatic heterocycles. The van der Waals surface area contributed by atoms with Crippen molar-refractivity contribution in [3.05, 3.63) is 35.5 Å². The number of ether oxygens (including phenoxy) is 2. The fraction of sp³-hybridized carbons (Fsp3) is 0.583. The third kappa shape index (κ3) is 5.46. The maximum atomic E-state index is 13.3. The lowest BCUT2D eigenvalue weighted by Gasteiger charge is -2.36. The molecule has 0 aliphatic carbocycles. The number of imide groups is 1. The highest BCUT2D eigenvalue weighted by Gasteiger charge is 2.41. The van der Waals surface area contributed by atoms with E-state index in [1.54, 1.807) is 0 Å². The smallest absolute Gasteiger partial charge is 0.277 e. The van der Waals surface area contributed by atoms with Gasteiger partial charge in [0.25, 0.3) is 11.8 Å². The molecule has 170 valence electrons. The number of carbonyl (C=O) groups is 2. The molecule has 0 radical (unpaired) electrons. The first kappa shape index (κ1) is 23.3. The van der Waals surface area contributed by atoms with Crippen LogP contribution < -0.4 is 4.74 Å². The van der Waals surface area contributed by atoms with Crippen LogP contribution in [-0.2, 0) is 14.3 Å². The number of hydrogen-bond acceptors (Lipinski definition) is 6. The number of piperazine rings is 1. The molecule has 0 spiro atoms. The first-order chi connectivity index (χ1) is 15.0. The molecule has 7 nitrogen and oxygen atoms in total. The summed E-state index contributed by atoms with van der Waals surface area (Å²) in [5, 5.41) is 0. The topological polar surface area (TPSA) is 62.3 Å². The van der Waals surface area contributed by atoms with E-state index in [2.05, 4.69) is 23.6 Å². The van der Waals surface area contributed by atoms with Gasteiger partial charge in [-0.3, -0.25) is 14.5 Å².